The Hall–Kier alpha value is -2.71. The smallest absolute Gasteiger partial charge is 0.295 e. The van der Waals surface area contributed by atoms with Gasteiger partial charge in [0.15, 0.2) is 0 Å². The highest BCUT2D eigenvalue weighted by atomic mass is 79.9. The van der Waals surface area contributed by atoms with E-state index in [0.29, 0.717) is 23.0 Å². The van der Waals surface area contributed by atoms with E-state index in [1.54, 1.807) is 30.6 Å². The third kappa shape index (κ3) is 4.33. The number of phenolic OH excluding ortho intramolecular Hbond substituents is 1. The normalized spacial score (nSPS) is 18.6. The van der Waals surface area contributed by atoms with Crippen molar-refractivity contribution in [1.82, 2.24) is 14.8 Å². The van der Waals surface area contributed by atoms with Crippen molar-refractivity contribution in [2.24, 2.45) is 0 Å². The minimum absolute atomic E-state index is 0.0422. The Kier molecular flexibility index (Phi) is 6.34. The number of aromatic hydroxyl groups is 1. The first kappa shape index (κ1) is 21.0. The molecule has 0 spiro atoms. The van der Waals surface area contributed by atoms with Gasteiger partial charge in [-0.15, -0.1) is 0 Å². The largest absolute Gasteiger partial charge is 0.507 e. The lowest BCUT2D eigenvalue weighted by Crippen LogP contribution is -2.32. The molecule has 1 aromatic heterocycles. The highest BCUT2D eigenvalue weighted by molar-refractivity contribution is 9.10. The van der Waals surface area contributed by atoms with Crippen molar-refractivity contribution < 1.29 is 19.8 Å². The van der Waals surface area contributed by atoms with Gasteiger partial charge in [-0.3, -0.25) is 14.6 Å². The molecule has 0 aliphatic carbocycles. The first-order valence-electron chi connectivity index (χ1n) is 9.13. The van der Waals surface area contributed by atoms with Crippen LogP contribution in [0.25, 0.3) is 5.76 Å². The lowest BCUT2D eigenvalue weighted by atomic mass is 9.95. The van der Waals surface area contributed by atoms with Gasteiger partial charge in [0, 0.05) is 23.4 Å². The zero-order valence-electron chi connectivity index (χ0n) is 16.2. The number of pyridine rings is 1. The number of carbonyl (C=O) groups excluding carboxylic acids is 2. The molecular weight excluding hydrogens is 438 g/mol. The SMILES string of the molecule is CN(C)CCCN1C(=O)C(=O)C(=C(O)c2cc(Br)ccc2O)[C@H]1c1ccncc1. The molecule has 0 bridgehead atoms. The number of rotatable bonds is 6. The number of benzene rings is 1. The van der Waals surface area contributed by atoms with Gasteiger partial charge in [0.25, 0.3) is 11.7 Å². The summed E-state index contributed by atoms with van der Waals surface area (Å²) < 4.78 is 0.623. The number of likely N-dealkylation sites (tertiary alicyclic amines) is 1. The third-order valence-electron chi connectivity index (χ3n) is 4.78. The average molecular weight is 460 g/mol. The summed E-state index contributed by atoms with van der Waals surface area (Å²) in [4.78, 5) is 33.1. The van der Waals surface area contributed by atoms with Crippen LogP contribution < -0.4 is 0 Å². The molecule has 29 heavy (non-hydrogen) atoms. The fourth-order valence-corrected chi connectivity index (χ4v) is 3.76. The van der Waals surface area contributed by atoms with Gasteiger partial charge in [-0.2, -0.15) is 0 Å². The molecule has 1 amide bonds. The lowest BCUT2D eigenvalue weighted by molar-refractivity contribution is -0.139. The summed E-state index contributed by atoms with van der Waals surface area (Å²) in [7, 11) is 3.87. The first-order valence-corrected chi connectivity index (χ1v) is 9.92. The minimum atomic E-state index is -0.770. The van der Waals surface area contributed by atoms with E-state index in [0.717, 1.165) is 6.54 Å². The summed E-state index contributed by atoms with van der Waals surface area (Å²) in [6, 6.07) is 7.21. The predicted molar refractivity (Wildman–Crippen MR) is 112 cm³/mol. The number of phenols is 1. The van der Waals surface area contributed by atoms with Crippen LogP contribution in [0.5, 0.6) is 5.75 Å². The van der Waals surface area contributed by atoms with E-state index < -0.39 is 23.5 Å². The molecule has 2 aromatic rings. The van der Waals surface area contributed by atoms with Gasteiger partial charge in [0.1, 0.15) is 11.5 Å². The molecule has 1 atom stereocenters. The van der Waals surface area contributed by atoms with Gasteiger partial charge in [0.2, 0.25) is 0 Å². The van der Waals surface area contributed by atoms with E-state index in [-0.39, 0.29) is 16.9 Å². The Morgan fingerprint density at radius 2 is 1.90 bits per heavy atom. The Balaban J connectivity index is 2.12. The minimum Gasteiger partial charge on any atom is -0.507 e. The quantitative estimate of drug-likeness (QED) is 0.391. The van der Waals surface area contributed by atoms with Crippen LogP contribution in [0.1, 0.15) is 23.6 Å². The monoisotopic (exact) mass is 459 g/mol. The van der Waals surface area contributed by atoms with Crippen LogP contribution in [-0.2, 0) is 9.59 Å². The van der Waals surface area contributed by atoms with Crippen LogP contribution in [0, 0.1) is 0 Å². The number of nitrogens with zero attached hydrogens (tertiary/aromatic N) is 3. The van der Waals surface area contributed by atoms with Gasteiger partial charge in [0.05, 0.1) is 17.2 Å². The molecule has 2 heterocycles. The number of Topliss-reactive ketones (excluding diaryl/α,β-unsaturated/α-hetero) is 1. The Morgan fingerprint density at radius 3 is 2.55 bits per heavy atom. The summed E-state index contributed by atoms with van der Waals surface area (Å²) in [5.74, 6) is -2.02. The van der Waals surface area contributed by atoms with E-state index in [1.165, 1.54) is 17.0 Å². The number of carbonyl (C=O) groups is 2. The zero-order chi connectivity index (χ0) is 21.1. The Bertz CT molecular complexity index is 960. The van der Waals surface area contributed by atoms with Crippen LogP contribution in [-0.4, -0.2) is 63.9 Å². The van der Waals surface area contributed by atoms with Gasteiger partial charge in [-0.25, -0.2) is 0 Å². The van der Waals surface area contributed by atoms with E-state index in [1.807, 2.05) is 19.0 Å². The van der Waals surface area contributed by atoms with Crippen LogP contribution in [0.15, 0.2) is 52.8 Å². The maximum atomic E-state index is 12.9. The fraction of sp³-hybridized carbons (Fsp3) is 0.286. The van der Waals surface area contributed by atoms with Crippen molar-refractivity contribution in [3.05, 3.63) is 63.9 Å². The third-order valence-corrected chi connectivity index (χ3v) is 5.27. The molecule has 0 radical (unpaired) electrons. The number of aromatic nitrogens is 1. The van der Waals surface area contributed by atoms with E-state index in [2.05, 4.69) is 20.9 Å². The average Bonchev–Trinajstić information content (AvgIpc) is 2.94. The lowest BCUT2D eigenvalue weighted by Gasteiger charge is -2.25. The van der Waals surface area contributed by atoms with Crippen LogP contribution in [0.3, 0.4) is 0 Å². The fourth-order valence-electron chi connectivity index (χ4n) is 3.40. The van der Waals surface area contributed by atoms with Crippen LogP contribution in [0.2, 0.25) is 0 Å². The van der Waals surface area contributed by atoms with Crippen molar-refractivity contribution in [2.75, 3.05) is 27.2 Å². The van der Waals surface area contributed by atoms with E-state index >= 15 is 0 Å². The van der Waals surface area contributed by atoms with Gasteiger partial charge in [-0.1, -0.05) is 15.9 Å². The number of aliphatic hydroxyl groups excluding tert-OH is 1. The molecule has 2 N–H and O–H groups in total. The van der Waals surface area contributed by atoms with Crippen molar-refractivity contribution in [2.45, 2.75) is 12.5 Å². The summed E-state index contributed by atoms with van der Waals surface area (Å²) in [5.41, 5.74) is 0.712. The summed E-state index contributed by atoms with van der Waals surface area (Å²) in [5, 5.41) is 21.2. The van der Waals surface area contributed by atoms with Gasteiger partial charge >= 0.3 is 0 Å². The molecule has 0 saturated carbocycles. The topological polar surface area (TPSA) is 94.0 Å². The number of ketones is 1. The second-order valence-corrected chi connectivity index (χ2v) is 8.01. The van der Waals surface area contributed by atoms with E-state index in [9.17, 15) is 19.8 Å². The maximum Gasteiger partial charge on any atom is 0.295 e. The van der Waals surface area contributed by atoms with Crippen molar-refractivity contribution in [1.29, 1.82) is 0 Å². The number of hydrogen-bond donors (Lipinski definition) is 2. The van der Waals surface area contributed by atoms with Gasteiger partial charge < -0.3 is 20.0 Å². The summed E-state index contributed by atoms with van der Waals surface area (Å²) in [6.07, 6.45) is 3.82. The molecule has 3 rings (SSSR count). The molecule has 8 heteroatoms. The molecule has 152 valence electrons. The second-order valence-electron chi connectivity index (χ2n) is 7.09. The summed E-state index contributed by atoms with van der Waals surface area (Å²) >= 11 is 3.30. The number of halogens is 1. The van der Waals surface area contributed by atoms with E-state index in [4.69, 9.17) is 0 Å². The molecule has 7 nitrogen and oxygen atoms in total. The van der Waals surface area contributed by atoms with Crippen molar-refractivity contribution in [3.8, 4) is 5.75 Å². The Morgan fingerprint density at radius 1 is 1.21 bits per heavy atom. The molecule has 0 unspecified atom stereocenters. The predicted octanol–water partition coefficient (Wildman–Crippen LogP) is 2.92. The zero-order valence-corrected chi connectivity index (χ0v) is 17.8. The number of aliphatic hydroxyl groups is 1. The molecule has 1 aliphatic rings. The summed E-state index contributed by atoms with van der Waals surface area (Å²) in [6.45, 7) is 1.11. The molecular formula is C21H22BrN3O4. The molecule has 1 saturated heterocycles. The van der Waals surface area contributed by atoms with Crippen molar-refractivity contribution >= 4 is 33.4 Å². The highest BCUT2D eigenvalue weighted by Gasteiger charge is 2.46. The number of amides is 1. The Labute approximate surface area is 177 Å². The molecule has 1 aliphatic heterocycles. The molecule has 1 fully saturated rings. The first-order chi connectivity index (χ1) is 13.8. The second kappa shape index (κ2) is 8.75. The van der Waals surface area contributed by atoms with Crippen LogP contribution >= 0.6 is 15.9 Å². The highest BCUT2D eigenvalue weighted by Crippen LogP contribution is 2.41. The maximum absolute atomic E-state index is 12.9. The van der Waals surface area contributed by atoms with Gasteiger partial charge in [-0.05, 0) is 63.0 Å². The number of hydrogen-bond acceptors (Lipinski definition) is 6. The molecule has 1 aromatic carbocycles. The standard InChI is InChI=1S/C21H22BrN3O4/c1-24(2)10-3-11-25-18(13-6-8-23-9-7-13)17(20(28)21(25)29)19(27)15-12-14(22)4-5-16(15)26/h4-9,12,18,26-27H,3,10-11H2,1-2H3/t18-/m1/s1. The van der Waals surface area contributed by atoms with Crippen LogP contribution in [0.4, 0.5) is 0 Å². The van der Waals surface area contributed by atoms with Crippen molar-refractivity contribution in [3.63, 3.8) is 0 Å².